The van der Waals surface area contributed by atoms with Crippen molar-refractivity contribution >= 4 is 12.0 Å². The molecule has 13 heavy (non-hydrogen) atoms. The van der Waals surface area contributed by atoms with Crippen LogP contribution in [0, 0.1) is 0 Å². The minimum atomic E-state index is -1.14. The summed E-state index contributed by atoms with van der Waals surface area (Å²) in [6.45, 7) is 2.08. The molecule has 1 saturated carbocycles. The highest BCUT2D eigenvalue weighted by Gasteiger charge is 2.42. The average Bonchev–Trinajstić information content (AvgIpc) is 2.62. The van der Waals surface area contributed by atoms with Gasteiger partial charge in [-0.1, -0.05) is 12.1 Å². The molecular weight excluding hydrogens is 172 g/mol. The van der Waals surface area contributed by atoms with E-state index in [1.54, 1.807) is 6.07 Å². The van der Waals surface area contributed by atoms with Crippen LogP contribution in [-0.2, 0) is 5.41 Å². The second kappa shape index (κ2) is 2.48. The van der Waals surface area contributed by atoms with Crippen molar-refractivity contribution in [1.29, 1.82) is 0 Å². The van der Waals surface area contributed by atoms with Gasteiger partial charge in [-0.25, -0.2) is 4.79 Å². The summed E-state index contributed by atoms with van der Waals surface area (Å²) in [6.07, 6.45) is 1.04. The first-order valence-corrected chi connectivity index (χ1v) is 4.07. The highest BCUT2D eigenvalue weighted by atomic mass is 16.5. The van der Waals surface area contributed by atoms with Gasteiger partial charge in [0.15, 0.2) is 0 Å². The number of carbonyl (C=O) groups is 1. The van der Waals surface area contributed by atoms with E-state index in [0.29, 0.717) is 0 Å². The van der Waals surface area contributed by atoms with Crippen LogP contribution in [0.5, 0.6) is 0 Å². The minimum Gasteiger partial charge on any atom is -0.465 e. The van der Waals surface area contributed by atoms with Crippen molar-refractivity contribution in [2.24, 2.45) is 0 Å². The van der Waals surface area contributed by atoms with Crippen molar-refractivity contribution in [2.45, 2.75) is 25.2 Å². The number of nitrogens with zero attached hydrogens (tertiary/aromatic N) is 1. The average molecular weight is 182 g/mol. The number of aromatic nitrogens is 1. The molecule has 70 valence electrons. The summed E-state index contributed by atoms with van der Waals surface area (Å²) in [5, 5.41) is 14.3. The van der Waals surface area contributed by atoms with E-state index in [2.05, 4.69) is 17.4 Å². The minimum absolute atomic E-state index is 0.113. The Morgan fingerprint density at radius 3 is 3.00 bits per heavy atom. The topological polar surface area (TPSA) is 75.4 Å². The van der Waals surface area contributed by atoms with Gasteiger partial charge in [0.1, 0.15) is 0 Å². The van der Waals surface area contributed by atoms with Gasteiger partial charge in [-0.3, -0.25) is 5.32 Å². The molecule has 1 heterocycles. The Bertz CT molecular complexity index is 341. The number of carboxylic acid groups (broad SMARTS) is 1. The van der Waals surface area contributed by atoms with Gasteiger partial charge in [0.2, 0.25) is 5.88 Å². The first kappa shape index (κ1) is 8.10. The SMILES string of the molecule is CC1(c2cc(NC(=O)O)on2)CC1. The molecule has 1 fully saturated rings. The Morgan fingerprint density at radius 2 is 2.46 bits per heavy atom. The van der Waals surface area contributed by atoms with E-state index in [0.717, 1.165) is 18.5 Å². The Labute approximate surface area is 74.7 Å². The van der Waals surface area contributed by atoms with Crippen LogP contribution < -0.4 is 5.32 Å². The Morgan fingerprint density at radius 1 is 1.77 bits per heavy atom. The smallest absolute Gasteiger partial charge is 0.411 e. The molecule has 5 nitrogen and oxygen atoms in total. The van der Waals surface area contributed by atoms with E-state index in [4.69, 9.17) is 9.63 Å². The van der Waals surface area contributed by atoms with Crippen LogP contribution in [0.4, 0.5) is 10.7 Å². The lowest BCUT2D eigenvalue weighted by Gasteiger charge is -1.98. The van der Waals surface area contributed by atoms with Gasteiger partial charge in [-0.2, -0.15) is 0 Å². The van der Waals surface area contributed by atoms with Crippen LogP contribution in [0.1, 0.15) is 25.5 Å². The molecule has 0 aromatic carbocycles. The molecule has 0 spiro atoms. The molecule has 1 aromatic rings. The Kier molecular flexibility index (Phi) is 1.55. The lowest BCUT2D eigenvalue weighted by Crippen LogP contribution is -2.06. The molecular formula is C8H10N2O3. The monoisotopic (exact) mass is 182 g/mol. The largest absolute Gasteiger partial charge is 0.465 e. The summed E-state index contributed by atoms with van der Waals surface area (Å²) in [4.78, 5) is 10.2. The molecule has 2 rings (SSSR count). The zero-order chi connectivity index (χ0) is 9.47. The van der Waals surface area contributed by atoms with Gasteiger partial charge in [-0.05, 0) is 12.8 Å². The second-order valence-corrected chi connectivity index (χ2v) is 3.57. The fourth-order valence-electron chi connectivity index (χ4n) is 1.17. The van der Waals surface area contributed by atoms with Crippen LogP contribution in [0.15, 0.2) is 10.6 Å². The van der Waals surface area contributed by atoms with Crippen LogP contribution in [0.3, 0.4) is 0 Å². The summed E-state index contributed by atoms with van der Waals surface area (Å²) in [5.41, 5.74) is 0.943. The molecule has 5 heteroatoms. The fraction of sp³-hybridized carbons (Fsp3) is 0.500. The van der Waals surface area contributed by atoms with Gasteiger partial charge in [0.25, 0.3) is 0 Å². The summed E-state index contributed by atoms with van der Waals surface area (Å²) < 4.78 is 4.80. The standard InChI is InChI=1S/C8H10N2O3/c1-8(2-3-8)5-4-6(13-10-5)9-7(11)12/h4,9H,2-3H2,1H3,(H,11,12). The molecule has 1 amide bonds. The predicted molar refractivity (Wildman–Crippen MR) is 44.7 cm³/mol. The summed E-state index contributed by atoms with van der Waals surface area (Å²) in [7, 11) is 0. The van der Waals surface area contributed by atoms with Crippen molar-refractivity contribution < 1.29 is 14.4 Å². The van der Waals surface area contributed by atoms with Crippen molar-refractivity contribution in [3.05, 3.63) is 11.8 Å². The number of nitrogens with one attached hydrogen (secondary N) is 1. The lowest BCUT2D eigenvalue weighted by atomic mass is 10.1. The van der Waals surface area contributed by atoms with Crippen LogP contribution in [0.2, 0.25) is 0 Å². The van der Waals surface area contributed by atoms with E-state index in [1.807, 2.05) is 0 Å². The van der Waals surface area contributed by atoms with Crippen molar-refractivity contribution in [3.8, 4) is 0 Å². The molecule has 0 atom stereocenters. The molecule has 0 aliphatic heterocycles. The number of hydrogen-bond donors (Lipinski definition) is 2. The van der Waals surface area contributed by atoms with Crippen LogP contribution >= 0.6 is 0 Å². The highest BCUT2D eigenvalue weighted by molar-refractivity contribution is 5.80. The molecule has 1 aliphatic carbocycles. The van der Waals surface area contributed by atoms with E-state index >= 15 is 0 Å². The van der Waals surface area contributed by atoms with Crippen molar-refractivity contribution in [2.75, 3.05) is 5.32 Å². The maximum Gasteiger partial charge on any atom is 0.411 e. The summed E-state index contributed by atoms with van der Waals surface area (Å²) in [5.74, 6) is 0.190. The normalized spacial score (nSPS) is 18.2. The van der Waals surface area contributed by atoms with Crippen LogP contribution in [0.25, 0.3) is 0 Å². The molecule has 0 radical (unpaired) electrons. The number of amides is 1. The summed E-state index contributed by atoms with van der Waals surface area (Å²) >= 11 is 0. The van der Waals surface area contributed by atoms with Gasteiger partial charge >= 0.3 is 6.09 Å². The maximum absolute atomic E-state index is 10.2. The van der Waals surface area contributed by atoms with Crippen LogP contribution in [-0.4, -0.2) is 16.4 Å². The molecule has 1 aromatic heterocycles. The second-order valence-electron chi connectivity index (χ2n) is 3.57. The number of rotatable bonds is 2. The third-order valence-electron chi connectivity index (χ3n) is 2.36. The van der Waals surface area contributed by atoms with Crippen molar-refractivity contribution in [1.82, 2.24) is 5.16 Å². The first-order valence-electron chi connectivity index (χ1n) is 4.07. The predicted octanol–water partition coefficient (Wildman–Crippen LogP) is 1.82. The molecule has 0 saturated heterocycles. The van der Waals surface area contributed by atoms with Gasteiger partial charge in [0.05, 0.1) is 5.69 Å². The van der Waals surface area contributed by atoms with E-state index in [-0.39, 0.29) is 11.3 Å². The van der Waals surface area contributed by atoms with E-state index in [1.165, 1.54) is 0 Å². The zero-order valence-corrected chi connectivity index (χ0v) is 7.20. The maximum atomic E-state index is 10.2. The third kappa shape index (κ3) is 1.49. The highest BCUT2D eigenvalue weighted by Crippen LogP contribution is 2.47. The van der Waals surface area contributed by atoms with E-state index in [9.17, 15) is 4.79 Å². The number of hydrogen-bond acceptors (Lipinski definition) is 3. The summed E-state index contributed by atoms with van der Waals surface area (Å²) in [6, 6.07) is 1.64. The fourth-order valence-corrected chi connectivity index (χ4v) is 1.17. The van der Waals surface area contributed by atoms with Gasteiger partial charge < -0.3 is 9.63 Å². The van der Waals surface area contributed by atoms with Gasteiger partial charge in [0, 0.05) is 11.5 Å². The quantitative estimate of drug-likeness (QED) is 0.731. The Hall–Kier alpha value is -1.52. The van der Waals surface area contributed by atoms with E-state index < -0.39 is 6.09 Å². The molecule has 2 N–H and O–H groups in total. The zero-order valence-electron chi connectivity index (χ0n) is 7.20. The molecule has 0 unspecified atom stereocenters. The molecule has 1 aliphatic rings. The van der Waals surface area contributed by atoms with Gasteiger partial charge in [-0.15, -0.1) is 0 Å². The number of anilines is 1. The molecule has 0 bridgehead atoms. The third-order valence-corrected chi connectivity index (χ3v) is 2.36. The Balaban J connectivity index is 2.14. The van der Waals surface area contributed by atoms with Crippen molar-refractivity contribution in [3.63, 3.8) is 0 Å². The first-order chi connectivity index (χ1) is 6.10. The lowest BCUT2D eigenvalue weighted by molar-refractivity contribution is 0.208.